The number of carbonyl (C=O) groups is 1. The van der Waals surface area contributed by atoms with Crippen molar-refractivity contribution in [2.24, 2.45) is 0 Å². The molecule has 1 heterocycles. The Morgan fingerprint density at radius 1 is 1.27 bits per heavy atom. The average Bonchev–Trinajstić information content (AvgIpc) is 2.57. The monoisotopic (exact) mass is 201 g/mol. The predicted octanol–water partition coefficient (Wildman–Crippen LogP) is 2.77. The zero-order valence-corrected chi connectivity index (χ0v) is 8.65. The maximum Gasteiger partial charge on any atom is 0.191 e. The molecule has 0 radical (unpaired) electrons. The van der Waals surface area contributed by atoms with Gasteiger partial charge in [-0.05, 0) is 6.92 Å². The van der Waals surface area contributed by atoms with E-state index in [-0.39, 0.29) is 0 Å². The summed E-state index contributed by atoms with van der Waals surface area (Å²) in [6, 6.07) is 7.35. The minimum absolute atomic E-state index is 0.614. The zero-order valence-electron chi connectivity index (χ0n) is 8.65. The van der Waals surface area contributed by atoms with Gasteiger partial charge < -0.3 is 4.42 Å². The van der Waals surface area contributed by atoms with Gasteiger partial charge in [0.05, 0.1) is 0 Å². The van der Waals surface area contributed by atoms with Crippen LogP contribution in [0.1, 0.15) is 22.0 Å². The normalized spacial score (nSPS) is 10.3. The largest absolute Gasteiger partial charge is 0.446 e. The summed E-state index contributed by atoms with van der Waals surface area (Å²) in [6.07, 6.45) is 0.832. The highest BCUT2D eigenvalue weighted by atomic mass is 16.4. The number of benzene rings is 1. The number of aldehydes is 1. The van der Waals surface area contributed by atoms with Gasteiger partial charge in [-0.1, -0.05) is 24.3 Å². The molecule has 0 amide bonds. The van der Waals surface area contributed by atoms with Crippen molar-refractivity contribution >= 4 is 6.29 Å². The van der Waals surface area contributed by atoms with Crippen LogP contribution in [0.5, 0.6) is 0 Å². The van der Waals surface area contributed by atoms with Gasteiger partial charge >= 0.3 is 0 Å². The van der Waals surface area contributed by atoms with Gasteiger partial charge in [-0.2, -0.15) is 0 Å². The minimum atomic E-state index is 0.614. The van der Waals surface area contributed by atoms with Crippen molar-refractivity contribution in [3.63, 3.8) is 0 Å². The van der Waals surface area contributed by atoms with E-state index in [9.17, 15) is 4.79 Å². The van der Waals surface area contributed by atoms with Gasteiger partial charge in [0.1, 0.15) is 11.5 Å². The van der Waals surface area contributed by atoms with Gasteiger partial charge in [-0.3, -0.25) is 4.79 Å². The van der Waals surface area contributed by atoms with E-state index in [4.69, 9.17) is 4.42 Å². The SMILES string of the molecule is Cc1nc(-c2ccccc2C=O)c(C)o1. The predicted molar refractivity (Wildman–Crippen MR) is 56.8 cm³/mol. The van der Waals surface area contributed by atoms with Gasteiger partial charge in [-0.25, -0.2) is 4.98 Å². The van der Waals surface area contributed by atoms with Crippen molar-refractivity contribution in [3.05, 3.63) is 41.5 Å². The third-order valence-corrected chi connectivity index (χ3v) is 2.25. The van der Waals surface area contributed by atoms with E-state index in [2.05, 4.69) is 4.98 Å². The topological polar surface area (TPSA) is 43.1 Å². The molecule has 0 aliphatic heterocycles. The van der Waals surface area contributed by atoms with Crippen LogP contribution in [-0.4, -0.2) is 11.3 Å². The Labute approximate surface area is 87.8 Å². The quantitative estimate of drug-likeness (QED) is 0.701. The smallest absolute Gasteiger partial charge is 0.191 e. The molecule has 76 valence electrons. The van der Waals surface area contributed by atoms with Crippen LogP contribution in [0.4, 0.5) is 0 Å². The molecule has 1 aromatic carbocycles. The van der Waals surface area contributed by atoms with Gasteiger partial charge in [-0.15, -0.1) is 0 Å². The van der Waals surface area contributed by atoms with Crippen LogP contribution in [0, 0.1) is 13.8 Å². The molecular weight excluding hydrogens is 190 g/mol. The van der Waals surface area contributed by atoms with Gasteiger partial charge in [0, 0.05) is 18.1 Å². The lowest BCUT2D eigenvalue weighted by atomic mass is 10.0. The van der Waals surface area contributed by atoms with E-state index < -0.39 is 0 Å². The highest BCUT2D eigenvalue weighted by Crippen LogP contribution is 2.25. The molecule has 0 aliphatic carbocycles. The number of oxazole rings is 1. The summed E-state index contributed by atoms with van der Waals surface area (Å²) in [5.41, 5.74) is 2.20. The number of aromatic nitrogens is 1. The number of hydrogen-bond donors (Lipinski definition) is 0. The molecule has 2 aromatic rings. The van der Waals surface area contributed by atoms with Crippen molar-refractivity contribution in [1.82, 2.24) is 4.98 Å². The maximum absolute atomic E-state index is 10.9. The Hall–Kier alpha value is -1.90. The molecule has 0 bridgehead atoms. The molecule has 3 heteroatoms. The molecule has 0 saturated heterocycles. The van der Waals surface area contributed by atoms with Crippen LogP contribution in [-0.2, 0) is 0 Å². The van der Waals surface area contributed by atoms with Crippen molar-refractivity contribution in [3.8, 4) is 11.3 Å². The van der Waals surface area contributed by atoms with E-state index in [1.54, 1.807) is 13.0 Å². The summed E-state index contributed by atoms with van der Waals surface area (Å²) in [5, 5.41) is 0. The highest BCUT2D eigenvalue weighted by molar-refractivity contribution is 5.86. The Balaban J connectivity index is 2.63. The second kappa shape index (κ2) is 3.69. The minimum Gasteiger partial charge on any atom is -0.446 e. The number of hydrogen-bond acceptors (Lipinski definition) is 3. The van der Waals surface area contributed by atoms with Crippen molar-refractivity contribution in [1.29, 1.82) is 0 Å². The number of aryl methyl sites for hydroxylation is 2. The summed E-state index contributed by atoms with van der Waals surface area (Å²) >= 11 is 0. The molecule has 0 unspecified atom stereocenters. The molecule has 3 nitrogen and oxygen atoms in total. The fraction of sp³-hybridized carbons (Fsp3) is 0.167. The number of rotatable bonds is 2. The molecule has 2 rings (SSSR count). The number of carbonyl (C=O) groups excluding carboxylic acids is 1. The fourth-order valence-electron chi connectivity index (χ4n) is 1.59. The lowest BCUT2D eigenvalue weighted by Crippen LogP contribution is -1.88. The Morgan fingerprint density at radius 2 is 2.00 bits per heavy atom. The number of nitrogens with zero attached hydrogens (tertiary/aromatic N) is 1. The standard InChI is InChI=1S/C12H11NO2/c1-8-12(13-9(2)15-8)11-6-4-3-5-10(11)7-14/h3-7H,1-2H3. The first-order chi connectivity index (χ1) is 7.22. The van der Waals surface area contributed by atoms with Crippen LogP contribution < -0.4 is 0 Å². The van der Waals surface area contributed by atoms with E-state index >= 15 is 0 Å². The molecule has 0 atom stereocenters. The van der Waals surface area contributed by atoms with Crippen molar-refractivity contribution < 1.29 is 9.21 Å². The van der Waals surface area contributed by atoms with Gasteiger partial charge in [0.15, 0.2) is 12.2 Å². The summed E-state index contributed by atoms with van der Waals surface area (Å²) < 4.78 is 5.34. The molecule has 0 spiro atoms. The third kappa shape index (κ3) is 1.68. The summed E-state index contributed by atoms with van der Waals surface area (Å²) in [5.74, 6) is 1.35. The van der Waals surface area contributed by atoms with Gasteiger partial charge in [0.25, 0.3) is 0 Å². The van der Waals surface area contributed by atoms with E-state index in [0.29, 0.717) is 11.5 Å². The molecule has 15 heavy (non-hydrogen) atoms. The summed E-state index contributed by atoms with van der Waals surface area (Å²) in [7, 11) is 0. The first kappa shape index (κ1) is 9.65. The van der Waals surface area contributed by atoms with Crippen LogP contribution in [0.3, 0.4) is 0 Å². The zero-order chi connectivity index (χ0) is 10.8. The van der Waals surface area contributed by atoms with Crippen LogP contribution in [0.15, 0.2) is 28.7 Å². The molecule has 1 aromatic heterocycles. The van der Waals surface area contributed by atoms with Crippen LogP contribution in [0.2, 0.25) is 0 Å². The molecule has 0 aliphatic rings. The third-order valence-electron chi connectivity index (χ3n) is 2.25. The van der Waals surface area contributed by atoms with E-state index in [1.165, 1.54) is 0 Å². The maximum atomic E-state index is 10.9. The highest BCUT2D eigenvalue weighted by Gasteiger charge is 2.11. The van der Waals surface area contributed by atoms with Crippen molar-refractivity contribution in [2.75, 3.05) is 0 Å². The molecule has 0 fully saturated rings. The van der Waals surface area contributed by atoms with Crippen LogP contribution in [0.25, 0.3) is 11.3 Å². The first-order valence-electron chi connectivity index (χ1n) is 4.71. The molecule has 0 N–H and O–H groups in total. The Kier molecular flexibility index (Phi) is 2.37. The van der Waals surface area contributed by atoms with Crippen molar-refractivity contribution in [2.45, 2.75) is 13.8 Å². The second-order valence-electron chi connectivity index (χ2n) is 3.34. The Morgan fingerprint density at radius 3 is 2.60 bits per heavy atom. The lowest BCUT2D eigenvalue weighted by Gasteiger charge is -2.00. The van der Waals surface area contributed by atoms with Gasteiger partial charge in [0.2, 0.25) is 0 Å². The Bertz CT molecular complexity index is 500. The van der Waals surface area contributed by atoms with Crippen LogP contribution >= 0.6 is 0 Å². The molecular formula is C12H11NO2. The molecule has 0 saturated carbocycles. The van der Waals surface area contributed by atoms with E-state index in [0.717, 1.165) is 23.3 Å². The van der Waals surface area contributed by atoms with E-state index in [1.807, 2.05) is 25.1 Å². The summed E-state index contributed by atoms with van der Waals surface area (Å²) in [6.45, 7) is 3.64. The fourth-order valence-corrected chi connectivity index (χ4v) is 1.59. The average molecular weight is 201 g/mol. The lowest BCUT2D eigenvalue weighted by molar-refractivity contribution is 0.112. The summed E-state index contributed by atoms with van der Waals surface area (Å²) in [4.78, 5) is 15.1. The second-order valence-corrected chi connectivity index (χ2v) is 3.34. The first-order valence-corrected chi connectivity index (χ1v) is 4.71.